The highest BCUT2D eigenvalue weighted by atomic mass is 32.2. The van der Waals surface area contributed by atoms with E-state index in [1.54, 1.807) is 18.9 Å². The van der Waals surface area contributed by atoms with Gasteiger partial charge in [0, 0.05) is 19.3 Å². The molecule has 28 heavy (non-hydrogen) atoms. The van der Waals surface area contributed by atoms with E-state index in [2.05, 4.69) is 38.8 Å². The van der Waals surface area contributed by atoms with Crippen molar-refractivity contribution in [1.82, 2.24) is 19.7 Å². The van der Waals surface area contributed by atoms with Gasteiger partial charge in [0.1, 0.15) is 17.3 Å². The van der Waals surface area contributed by atoms with Crippen LogP contribution in [0.3, 0.4) is 0 Å². The second-order valence-corrected chi connectivity index (χ2v) is 7.55. The maximum atomic E-state index is 5.73. The maximum absolute atomic E-state index is 5.73. The number of rotatable bonds is 10. The van der Waals surface area contributed by atoms with Gasteiger partial charge in [-0.15, -0.1) is 10.2 Å². The third kappa shape index (κ3) is 5.74. The molecule has 0 atom stereocenters. The molecule has 1 aromatic heterocycles. The first-order valence-electron chi connectivity index (χ1n) is 9.16. The monoisotopic (exact) mass is 398 g/mol. The number of nitrogens with zero attached hydrogens (tertiary/aromatic N) is 4. The lowest BCUT2D eigenvalue weighted by Crippen LogP contribution is -2.19. The number of para-hydroxylation sites is 1. The van der Waals surface area contributed by atoms with Gasteiger partial charge in [-0.3, -0.25) is 4.90 Å². The van der Waals surface area contributed by atoms with Crippen molar-refractivity contribution in [2.75, 3.05) is 26.5 Å². The summed E-state index contributed by atoms with van der Waals surface area (Å²) < 4.78 is 13.0. The van der Waals surface area contributed by atoms with Gasteiger partial charge in [0.25, 0.3) is 0 Å². The highest BCUT2D eigenvalue weighted by Gasteiger charge is 2.12. The lowest BCUT2D eigenvalue weighted by atomic mass is 10.2. The minimum atomic E-state index is 0.633. The smallest absolute Gasteiger partial charge is 0.191 e. The summed E-state index contributed by atoms with van der Waals surface area (Å²) in [4.78, 5) is 2.22. The van der Waals surface area contributed by atoms with E-state index in [1.165, 1.54) is 5.56 Å². The second-order valence-electron chi connectivity index (χ2n) is 6.49. The fraction of sp³-hybridized carbons (Fsp3) is 0.333. The number of aromatic nitrogens is 3. The molecule has 0 unspecified atom stereocenters. The molecule has 6 nitrogen and oxygen atoms in total. The van der Waals surface area contributed by atoms with Crippen LogP contribution in [-0.2, 0) is 20.1 Å². The van der Waals surface area contributed by atoms with Crippen molar-refractivity contribution in [2.24, 2.45) is 7.05 Å². The van der Waals surface area contributed by atoms with Crippen molar-refractivity contribution in [3.63, 3.8) is 0 Å². The Balaban J connectivity index is 1.46. The first-order chi connectivity index (χ1) is 13.7. The highest BCUT2D eigenvalue weighted by Crippen LogP contribution is 2.18. The molecular weight excluding hydrogens is 372 g/mol. The number of hydrogen-bond donors (Lipinski definition) is 0. The zero-order chi connectivity index (χ0) is 19.8. The van der Waals surface area contributed by atoms with Gasteiger partial charge in [-0.1, -0.05) is 42.1 Å². The van der Waals surface area contributed by atoms with E-state index in [4.69, 9.17) is 9.47 Å². The summed E-state index contributed by atoms with van der Waals surface area (Å²) in [6.07, 6.45) is 0. The summed E-state index contributed by atoms with van der Waals surface area (Å²) in [6.45, 7) is 2.20. The van der Waals surface area contributed by atoms with Crippen LogP contribution in [0, 0.1) is 0 Å². The molecule has 0 saturated heterocycles. The van der Waals surface area contributed by atoms with Crippen molar-refractivity contribution >= 4 is 11.8 Å². The molecule has 148 valence electrons. The summed E-state index contributed by atoms with van der Waals surface area (Å²) in [5.41, 5.74) is 1.23. The fourth-order valence-corrected chi connectivity index (χ4v) is 3.50. The van der Waals surface area contributed by atoms with Crippen LogP contribution in [0.15, 0.2) is 59.8 Å². The van der Waals surface area contributed by atoms with Crippen LogP contribution in [0.2, 0.25) is 0 Å². The summed E-state index contributed by atoms with van der Waals surface area (Å²) in [5.74, 6) is 3.53. The SMILES string of the molecule is COc1ccc(CN(C)Cc2nnc(SCCOc3ccccc3)n2C)cc1. The van der Waals surface area contributed by atoms with Crippen molar-refractivity contribution in [3.05, 3.63) is 66.0 Å². The van der Waals surface area contributed by atoms with Crippen LogP contribution in [0.1, 0.15) is 11.4 Å². The van der Waals surface area contributed by atoms with E-state index in [0.717, 1.165) is 41.3 Å². The lowest BCUT2D eigenvalue weighted by Gasteiger charge is -2.16. The molecule has 0 aliphatic heterocycles. The third-order valence-electron chi connectivity index (χ3n) is 4.27. The van der Waals surface area contributed by atoms with Gasteiger partial charge in [0.2, 0.25) is 0 Å². The molecule has 1 heterocycles. The van der Waals surface area contributed by atoms with Crippen molar-refractivity contribution in [3.8, 4) is 11.5 Å². The first-order valence-corrected chi connectivity index (χ1v) is 10.1. The topological polar surface area (TPSA) is 52.4 Å². The molecule has 0 N–H and O–H groups in total. The van der Waals surface area contributed by atoms with Crippen LogP contribution < -0.4 is 9.47 Å². The minimum absolute atomic E-state index is 0.633. The minimum Gasteiger partial charge on any atom is -0.497 e. The molecule has 7 heteroatoms. The van der Waals surface area contributed by atoms with Crippen molar-refractivity contribution in [2.45, 2.75) is 18.2 Å². The van der Waals surface area contributed by atoms with Crippen LogP contribution in [0.25, 0.3) is 0 Å². The number of methoxy groups -OCH3 is 1. The predicted molar refractivity (Wildman–Crippen MR) is 112 cm³/mol. The van der Waals surface area contributed by atoms with Crippen LogP contribution in [0.5, 0.6) is 11.5 Å². The quantitative estimate of drug-likeness (QED) is 0.384. The van der Waals surface area contributed by atoms with Crippen LogP contribution in [-0.4, -0.2) is 46.2 Å². The van der Waals surface area contributed by atoms with Gasteiger partial charge in [-0.2, -0.15) is 0 Å². The van der Waals surface area contributed by atoms with E-state index in [9.17, 15) is 0 Å². The number of benzene rings is 2. The molecule has 3 rings (SSSR count). The normalized spacial score (nSPS) is 11.0. The van der Waals surface area contributed by atoms with Gasteiger partial charge >= 0.3 is 0 Å². The van der Waals surface area contributed by atoms with E-state index < -0.39 is 0 Å². The zero-order valence-corrected chi connectivity index (χ0v) is 17.4. The van der Waals surface area contributed by atoms with E-state index in [0.29, 0.717) is 6.61 Å². The number of ether oxygens (including phenoxy) is 2. The molecule has 0 fully saturated rings. The van der Waals surface area contributed by atoms with Gasteiger partial charge < -0.3 is 14.0 Å². The second kappa shape index (κ2) is 10.1. The van der Waals surface area contributed by atoms with Crippen LogP contribution >= 0.6 is 11.8 Å². The average molecular weight is 399 g/mol. The third-order valence-corrected chi connectivity index (χ3v) is 5.26. The zero-order valence-electron chi connectivity index (χ0n) is 16.5. The first kappa shape index (κ1) is 20.2. The van der Waals surface area contributed by atoms with Crippen LogP contribution in [0.4, 0.5) is 0 Å². The lowest BCUT2D eigenvalue weighted by molar-refractivity contribution is 0.305. The van der Waals surface area contributed by atoms with Gasteiger partial charge in [-0.25, -0.2) is 0 Å². The summed E-state index contributed by atoms with van der Waals surface area (Å²) in [5, 5.41) is 9.58. The summed E-state index contributed by atoms with van der Waals surface area (Å²) in [7, 11) is 5.77. The Kier molecular flexibility index (Phi) is 7.33. The highest BCUT2D eigenvalue weighted by molar-refractivity contribution is 7.99. The molecule has 0 spiro atoms. The molecule has 0 aliphatic carbocycles. The summed E-state index contributed by atoms with van der Waals surface area (Å²) >= 11 is 1.65. The largest absolute Gasteiger partial charge is 0.497 e. The molecule has 0 radical (unpaired) electrons. The number of hydrogen-bond acceptors (Lipinski definition) is 6. The van der Waals surface area contributed by atoms with Crippen molar-refractivity contribution in [1.29, 1.82) is 0 Å². The Morgan fingerprint density at radius 3 is 2.43 bits per heavy atom. The Morgan fingerprint density at radius 2 is 1.71 bits per heavy atom. The molecule has 0 saturated carbocycles. The van der Waals surface area contributed by atoms with E-state index >= 15 is 0 Å². The molecule has 0 amide bonds. The molecular formula is C21H26N4O2S. The Morgan fingerprint density at radius 1 is 0.964 bits per heavy atom. The number of thioether (sulfide) groups is 1. The fourth-order valence-electron chi connectivity index (χ4n) is 2.76. The van der Waals surface area contributed by atoms with Gasteiger partial charge in [0.15, 0.2) is 5.16 Å². The molecule has 2 aromatic carbocycles. The standard InChI is InChI=1S/C21H26N4O2S/c1-24(15-17-9-11-18(26-3)12-10-17)16-20-22-23-21(25(20)2)28-14-13-27-19-7-5-4-6-8-19/h4-12H,13-16H2,1-3H3. The Hall–Kier alpha value is -2.51. The Bertz CT molecular complexity index is 853. The van der Waals surface area contributed by atoms with E-state index in [1.807, 2.05) is 49.5 Å². The maximum Gasteiger partial charge on any atom is 0.191 e. The van der Waals surface area contributed by atoms with Crippen molar-refractivity contribution < 1.29 is 9.47 Å². The van der Waals surface area contributed by atoms with Gasteiger partial charge in [-0.05, 0) is 36.9 Å². The molecule has 0 bridgehead atoms. The average Bonchev–Trinajstić information content (AvgIpc) is 3.06. The molecule has 3 aromatic rings. The molecule has 0 aliphatic rings. The summed E-state index contributed by atoms with van der Waals surface area (Å²) in [6, 6.07) is 18.0. The predicted octanol–water partition coefficient (Wildman–Crippen LogP) is 3.63. The van der Waals surface area contributed by atoms with Gasteiger partial charge in [0.05, 0.1) is 20.3 Å². The van der Waals surface area contributed by atoms with E-state index in [-0.39, 0.29) is 0 Å². The Labute approximate surface area is 170 Å².